The zero-order chi connectivity index (χ0) is 60.0. The van der Waals surface area contributed by atoms with E-state index in [1.807, 2.05) is 6.92 Å². The van der Waals surface area contributed by atoms with Gasteiger partial charge in [0.15, 0.2) is 18.3 Å². The number of ether oxygens (including phenoxy) is 5. The van der Waals surface area contributed by atoms with E-state index in [-0.39, 0.29) is 144 Å². The summed E-state index contributed by atoms with van der Waals surface area (Å²) in [6.45, 7) is 0.308. The Morgan fingerprint density at radius 2 is 1.49 bits per heavy atom. The van der Waals surface area contributed by atoms with Gasteiger partial charge >= 0.3 is 99.3 Å². The molecule has 0 bridgehead atoms. The van der Waals surface area contributed by atoms with Crippen molar-refractivity contribution in [2.75, 3.05) is 46.1 Å². The van der Waals surface area contributed by atoms with Gasteiger partial charge in [0, 0.05) is 44.3 Å². The Bertz CT molecular complexity index is 2550. The Balaban J connectivity index is 0.00000333. The van der Waals surface area contributed by atoms with Gasteiger partial charge in [-0.3, -0.25) is 32.2 Å². The molecule has 0 spiro atoms. The molecule has 5 aliphatic rings. The molecule has 32 nitrogen and oxygen atoms in total. The number of amides is 3. The Morgan fingerprint density at radius 3 is 2.02 bits per heavy atom. The molecule has 6 rings (SSSR count). The van der Waals surface area contributed by atoms with E-state index in [1.54, 1.807) is 4.90 Å². The number of aromatic nitrogens is 3. The molecule has 2 saturated carbocycles. The average molecular weight is 1290 g/mol. The summed E-state index contributed by atoms with van der Waals surface area (Å²) in [5.74, 6) is -3.02. The number of nitrogens with zero attached hydrogens (tertiary/aromatic N) is 4. The van der Waals surface area contributed by atoms with Crippen molar-refractivity contribution in [2.45, 2.75) is 184 Å². The predicted octanol–water partition coefficient (Wildman–Crippen LogP) is -13.8. The molecule has 1 aromatic heterocycles. The summed E-state index contributed by atoms with van der Waals surface area (Å²) in [7, 11) is -13.9. The van der Waals surface area contributed by atoms with E-state index in [1.165, 1.54) is 13.8 Å². The number of aliphatic hydroxyl groups excluding tert-OH is 5. The second-order valence-electron chi connectivity index (χ2n) is 21.1. The number of rotatable bonds is 27. The van der Waals surface area contributed by atoms with Crippen LogP contribution in [-0.2, 0) is 84.4 Å². The number of carbonyl (C=O) groups excluding carboxylic acids is 4. The van der Waals surface area contributed by atoms with Gasteiger partial charge in [0.1, 0.15) is 54.6 Å². The molecule has 3 saturated heterocycles. The molecular formula is C46H73N6Na3O26S3. The largest absolute Gasteiger partial charge is 1.00 e. The van der Waals surface area contributed by atoms with Crippen molar-refractivity contribution in [3.05, 3.63) is 11.9 Å². The number of ketones is 1. The van der Waals surface area contributed by atoms with E-state index in [4.69, 9.17) is 36.3 Å². The van der Waals surface area contributed by atoms with Crippen molar-refractivity contribution >= 4 is 54.9 Å². The summed E-state index contributed by atoms with van der Waals surface area (Å²) in [4.78, 5) is 56.0. The van der Waals surface area contributed by atoms with Crippen molar-refractivity contribution in [1.29, 1.82) is 0 Å². The van der Waals surface area contributed by atoms with Crippen molar-refractivity contribution < 1.29 is 209 Å². The van der Waals surface area contributed by atoms with Crippen molar-refractivity contribution in [1.82, 2.24) is 30.5 Å². The summed E-state index contributed by atoms with van der Waals surface area (Å²) in [5, 5.41) is 79.5. The molecule has 5 fully saturated rings. The summed E-state index contributed by atoms with van der Waals surface area (Å²) < 4.78 is 133. The number of likely N-dealkylation sites (tertiary alicyclic amines) is 1. The number of hydrogen-bond donors (Lipinski definition) is 7. The van der Waals surface area contributed by atoms with Crippen LogP contribution in [0.5, 0.6) is 0 Å². The molecule has 3 aliphatic heterocycles. The number of aliphatic hydroxyl groups is 5. The fourth-order valence-corrected chi connectivity index (χ4v) is 11.4. The van der Waals surface area contributed by atoms with Gasteiger partial charge in [0.25, 0.3) is 11.8 Å². The quantitative estimate of drug-likeness (QED) is 0.0186. The number of carbonyl (C=O) groups is 4. The summed E-state index contributed by atoms with van der Waals surface area (Å²) in [5.41, 5.74) is -2.50. The minimum absolute atomic E-state index is 0. The van der Waals surface area contributed by atoms with Gasteiger partial charge in [-0.15, -0.1) is 24.3 Å². The molecule has 4 heterocycles. The third-order valence-electron chi connectivity index (χ3n) is 15.1. The minimum Gasteiger partial charge on any atom is -0.854 e. The zero-order valence-electron chi connectivity index (χ0n) is 47.8. The molecule has 84 heavy (non-hydrogen) atoms. The Morgan fingerprint density at radius 1 is 0.869 bits per heavy atom. The van der Waals surface area contributed by atoms with E-state index in [9.17, 15) is 75.8 Å². The SMILES string of the molecule is CCC1CC(C(=O)CCCNC(=O)c2cn(CC(C[O-])(COS(=O)(=O)[O-])COS(=O)(=O)[O-])nn2)C[C@@H](O[C@@H]2O[C@@H](CO)[C@H](O)C(O[C@@H](CC3CCCCC3)C(=O)N3CCC3)C2NC(C)=O)[C@@H]1O[C@@H]1OC(C)[C@@H](O)[C@H](O)C1O.O=S(=O)=O.[Na+].[Na+].[Na+]. The Hall–Kier alpha value is -0.860. The number of Topliss-reactive ketones (excluding diaryl/α,β-unsaturated/α-hetero) is 1. The zero-order valence-corrected chi connectivity index (χ0v) is 56.2. The Labute approximate surface area is 554 Å². The van der Waals surface area contributed by atoms with Crippen LogP contribution in [0, 0.1) is 23.2 Å². The molecule has 0 aromatic carbocycles. The first kappa shape index (κ1) is 79.2. The number of hydrogen-bond acceptors (Lipinski definition) is 28. The van der Waals surface area contributed by atoms with Gasteiger partial charge in [-0.25, -0.2) is 16.8 Å². The maximum Gasteiger partial charge on any atom is 1.00 e. The molecule has 464 valence electrons. The van der Waals surface area contributed by atoms with Gasteiger partial charge < -0.3 is 79.0 Å². The fourth-order valence-electron chi connectivity index (χ4n) is 10.6. The van der Waals surface area contributed by atoms with E-state index in [2.05, 4.69) is 29.3 Å². The molecule has 0 radical (unpaired) electrons. The topological polar surface area (TPSA) is 481 Å². The second-order valence-corrected chi connectivity index (χ2v) is 23.6. The van der Waals surface area contributed by atoms with Gasteiger partial charge in [0.05, 0.1) is 50.9 Å². The molecule has 3 amide bonds. The third kappa shape index (κ3) is 24.1. The van der Waals surface area contributed by atoms with E-state index in [0.29, 0.717) is 25.9 Å². The van der Waals surface area contributed by atoms with Crippen LogP contribution in [0.15, 0.2) is 6.20 Å². The molecule has 6 unspecified atom stereocenters. The smallest absolute Gasteiger partial charge is 0.854 e. The second kappa shape index (κ2) is 36.9. The molecule has 15 atom stereocenters. The molecular weight excluding hydrogens is 1220 g/mol. The maximum absolute atomic E-state index is 14.2. The van der Waals surface area contributed by atoms with Gasteiger partial charge in [-0.2, -0.15) is 0 Å². The summed E-state index contributed by atoms with van der Waals surface area (Å²) >= 11 is 0. The van der Waals surface area contributed by atoms with E-state index in [0.717, 1.165) is 49.4 Å². The van der Waals surface area contributed by atoms with Crippen LogP contribution in [0.25, 0.3) is 0 Å². The molecule has 7 N–H and O–H groups in total. The van der Waals surface area contributed by atoms with Crippen LogP contribution in [0.4, 0.5) is 0 Å². The van der Waals surface area contributed by atoms with Gasteiger partial charge in [-0.05, 0) is 50.9 Å². The fraction of sp³-hybridized carbons (Fsp3) is 0.870. The summed E-state index contributed by atoms with van der Waals surface area (Å²) in [6, 6.07) is -1.30. The third-order valence-corrected chi connectivity index (χ3v) is 15.9. The van der Waals surface area contributed by atoms with Crippen molar-refractivity contribution in [3.63, 3.8) is 0 Å². The summed E-state index contributed by atoms with van der Waals surface area (Å²) in [6.07, 6.45) is -8.79. The first-order chi connectivity index (χ1) is 38.1. The van der Waals surface area contributed by atoms with Gasteiger partial charge in [-0.1, -0.05) is 50.7 Å². The van der Waals surface area contributed by atoms with E-state index < -0.39 is 173 Å². The maximum atomic E-state index is 14.2. The Kier molecular flexibility index (Phi) is 34.8. The predicted molar refractivity (Wildman–Crippen MR) is 264 cm³/mol. The number of nitrogens with one attached hydrogen (secondary N) is 2. The standard InChI is InChI=1S/C46H75N6O23S2.3Na.O3S/c1-4-28-17-29(31(56)12-8-13-47-42(61)30-19-52(50-49-30)21-46(22-54,23-69-76(63,64)65)24-70-77(66,67)68)18-32(40(28)75-45-39(60)38(59)36(57)25(2)71-45)73-44-35(48-26(3)55)41(37(58)34(20-53)74-44)72-33(43(62)51-14-9-15-51)16-27-10-6-5-7-11-27;;;;1-4(2)3/h19,25,27-29,32-41,44-45,53,57-60H,4-18,20-24H2,1-3H3,(H,47,61)(H,48,55)(H,63,64,65)(H,66,67,68);;;;/q-1;3*+1;/p-2/t25?,28?,29?,32-,33+,34+,35?,36-,37+,38+,39?,40-,41?,44-,45+;;;;/m1..../s1. The monoisotopic (exact) mass is 1290 g/mol. The van der Waals surface area contributed by atoms with Crippen LogP contribution in [-0.4, -0.2) is 233 Å². The van der Waals surface area contributed by atoms with Crippen molar-refractivity contribution in [2.24, 2.45) is 23.2 Å². The minimum atomic E-state index is -5.39. The van der Waals surface area contributed by atoms with Crippen LogP contribution in [0.1, 0.15) is 108 Å². The first-order valence-electron chi connectivity index (χ1n) is 26.5. The average Bonchev–Trinajstić information content (AvgIpc) is 3.38. The van der Waals surface area contributed by atoms with Crippen LogP contribution in [0.3, 0.4) is 0 Å². The molecule has 1 aromatic rings. The van der Waals surface area contributed by atoms with Crippen LogP contribution in [0.2, 0.25) is 0 Å². The van der Waals surface area contributed by atoms with Crippen LogP contribution >= 0.6 is 0 Å². The van der Waals surface area contributed by atoms with E-state index >= 15 is 0 Å². The first-order valence-corrected chi connectivity index (χ1v) is 30.2. The normalized spacial score (nSPS) is 29.6. The van der Waals surface area contributed by atoms with Crippen LogP contribution < -0.4 is 104 Å². The van der Waals surface area contributed by atoms with Gasteiger partial charge in [0.2, 0.25) is 26.7 Å². The molecule has 38 heteroatoms. The van der Waals surface area contributed by atoms with Crippen molar-refractivity contribution in [3.8, 4) is 0 Å². The molecule has 2 aliphatic carbocycles.